The van der Waals surface area contributed by atoms with E-state index in [4.69, 9.17) is 9.72 Å². The van der Waals surface area contributed by atoms with Gasteiger partial charge in [-0.25, -0.2) is 4.98 Å². The SMILES string of the molecule is COc1ccc(-c2cc(N3[CH]CCC3)c3ccccc3n2)cc1. The summed E-state index contributed by atoms with van der Waals surface area (Å²) in [5.41, 5.74) is 4.40. The average Bonchev–Trinajstić information content (AvgIpc) is 3.15. The molecule has 0 N–H and O–H groups in total. The summed E-state index contributed by atoms with van der Waals surface area (Å²) < 4.78 is 5.25. The Kier molecular flexibility index (Phi) is 3.62. The summed E-state index contributed by atoms with van der Waals surface area (Å²) in [4.78, 5) is 7.21. The molecule has 0 spiro atoms. The van der Waals surface area contributed by atoms with Crippen LogP contribution in [0.15, 0.2) is 54.6 Å². The van der Waals surface area contributed by atoms with Crippen LogP contribution >= 0.6 is 0 Å². The van der Waals surface area contributed by atoms with Crippen molar-refractivity contribution in [3.63, 3.8) is 0 Å². The van der Waals surface area contributed by atoms with Crippen molar-refractivity contribution < 1.29 is 4.74 Å². The predicted octanol–water partition coefficient (Wildman–Crippen LogP) is 4.67. The van der Waals surface area contributed by atoms with Crippen molar-refractivity contribution in [2.45, 2.75) is 12.8 Å². The van der Waals surface area contributed by atoms with Gasteiger partial charge < -0.3 is 9.64 Å². The lowest BCUT2D eigenvalue weighted by Crippen LogP contribution is -2.14. The third kappa shape index (κ3) is 2.63. The first kappa shape index (κ1) is 14.1. The fourth-order valence-electron chi connectivity index (χ4n) is 3.12. The third-order valence-electron chi connectivity index (χ3n) is 4.34. The lowest BCUT2D eigenvalue weighted by atomic mass is 10.1. The Hall–Kier alpha value is -2.55. The molecular formula is C20H19N2O. The maximum absolute atomic E-state index is 5.25. The number of aromatic nitrogens is 1. The highest BCUT2D eigenvalue weighted by Crippen LogP contribution is 2.34. The molecule has 0 unspecified atom stereocenters. The zero-order valence-electron chi connectivity index (χ0n) is 13.2. The van der Waals surface area contributed by atoms with Gasteiger partial charge in [-0.1, -0.05) is 18.2 Å². The summed E-state index contributed by atoms with van der Waals surface area (Å²) in [6.07, 6.45) is 2.36. The van der Waals surface area contributed by atoms with E-state index < -0.39 is 0 Å². The van der Waals surface area contributed by atoms with E-state index in [1.54, 1.807) is 7.11 Å². The molecule has 0 atom stereocenters. The number of ether oxygens (including phenoxy) is 1. The second kappa shape index (κ2) is 5.92. The number of anilines is 1. The summed E-state index contributed by atoms with van der Waals surface area (Å²) in [6.45, 7) is 3.37. The van der Waals surface area contributed by atoms with Gasteiger partial charge in [-0.2, -0.15) is 0 Å². The Morgan fingerprint density at radius 1 is 1.04 bits per heavy atom. The molecule has 115 valence electrons. The monoisotopic (exact) mass is 303 g/mol. The Morgan fingerprint density at radius 2 is 1.87 bits per heavy atom. The van der Waals surface area contributed by atoms with Gasteiger partial charge in [-0.15, -0.1) is 0 Å². The first-order valence-corrected chi connectivity index (χ1v) is 7.99. The highest BCUT2D eigenvalue weighted by molar-refractivity contribution is 5.94. The van der Waals surface area contributed by atoms with E-state index in [1.165, 1.54) is 17.5 Å². The average molecular weight is 303 g/mol. The van der Waals surface area contributed by atoms with Crippen LogP contribution in [0.4, 0.5) is 5.69 Å². The van der Waals surface area contributed by atoms with Crippen LogP contribution in [-0.2, 0) is 0 Å². The molecule has 1 aliphatic rings. The van der Waals surface area contributed by atoms with Crippen LogP contribution in [0.3, 0.4) is 0 Å². The van der Waals surface area contributed by atoms with Crippen LogP contribution in [-0.4, -0.2) is 18.6 Å². The first-order chi connectivity index (χ1) is 11.3. The lowest BCUT2D eigenvalue weighted by molar-refractivity contribution is 0.415. The second-order valence-electron chi connectivity index (χ2n) is 5.79. The molecule has 1 aromatic heterocycles. The molecule has 0 amide bonds. The Bertz CT molecular complexity index is 821. The van der Waals surface area contributed by atoms with Gasteiger partial charge in [0.25, 0.3) is 0 Å². The number of hydrogen-bond acceptors (Lipinski definition) is 3. The zero-order chi connectivity index (χ0) is 15.6. The lowest BCUT2D eigenvalue weighted by Gasteiger charge is -2.20. The summed E-state index contributed by atoms with van der Waals surface area (Å²) in [6, 6.07) is 18.7. The molecule has 3 heteroatoms. The van der Waals surface area contributed by atoms with E-state index in [9.17, 15) is 0 Å². The van der Waals surface area contributed by atoms with Gasteiger partial charge in [-0.05, 0) is 49.2 Å². The van der Waals surface area contributed by atoms with Gasteiger partial charge in [0, 0.05) is 29.7 Å². The second-order valence-corrected chi connectivity index (χ2v) is 5.79. The normalized spacial score (nSPS) is 14.4. The summed E-state index contributed by atoms with van der Waals surface area (Å²) in [5, 5.41) is 1.21. The predicted molar refractivity (Wildman–Crippen MR) is 94.6 cm³/mol. The van der Waals surface area contributed by atoms with Gasteiger partial charge in [0.2, 0.25) is 0 Å². The number of nitrogens with zero attached hydrogens (tertiary/aromatic N) is 2. The molecule has 0 bridgehead atoms. The standard InChI is InChI=1S/C20H19N2O/c1-23-16-10-8-15(9-11-16)19-14-20(22-12-4-5-13-22)17-6-2-3-7-18(17)21-19/h2-3,6-12,14H,4-5,13H2,1H3. The molecule has 1 radical (unpaired) electrons. The molecule has 0 aliphatic carbocycles. The molecule has 1 aliphatic heterocycles. The molecule has 1 fully saturated rings. The Morgan fingerprint density at radius 3 is 2.61 bits per heavy atom. The van der Waals surface area contributed by atoms with E-state index in [0.29, 0.717) is 0 Å². The molecule has 1 saturated heterocycles. The van der Waals surface area contributed by atoms with Crippen LogP contribution < -0.4 is 9.64 Å². The van der Waals surface area contributed by atoms with Crippen LogP contribution in [0.5, 0.6) is 5.75 Å². The number of methoxy groups -OCH3 is 1. The van der Waals surface area contributed by atoms with Crippen molar-refractivity contribution in [1.29, 1.82) is 0 Å². The number of hydrogen-bond donors (Lipinski definition) is 0. The maximum atomic E-state index is 5.25. The van der Waals surface area contributed by atoms with Crippen molar-refractivity contribution in [3.05, 3.63) is 61.1 Å². The maximum Gasteiger partial charge on any atom is 0.118 e. The molecule has 3 aromatic rings. The van der Waals surface area contributed by atoms with Crippen molar-refractivity contribution in [3.8, 4) is 17.0 Å². The highest BCUT2D eigenvalue weighted by Gasteiger charge is 2.17. The number of rotatable bonds is 3. The summed E-state index contributed by atoms with van der Waals surface area (Å²) >= 11 is 0. The molecule has 4 rings (SSSR count). The quantitative estimate of drug-likeness (QED) is 0.703. The largest absolute Gasteiger partial charge is 0.497 e. The van der Waals surface area contributed by atoms with Gasteiger partial charge in [0.05, 0.1) is 18.3 Å². The van der Waals surface area contributed by atoms with E-state index in [2.05, 4.69) is 47.8 Å². The van der Waals surface area contributed by atoms with Crippen molar-refractivity contribution in [2.24, 2.45) is 0 Å². The topological polar surface area (TPSA) is 25.4 Å². The van der Waals surface area contributed by atoms with Crippen LogP contribution in [0, 0.1) is 6.54 Å². The molecule has 3 nitrogen and oxygen atoms in total. The smallest absolute Gasteiger partial charge is 0.118 e. The number of pyridine rings is 1. The first-order valence-electron chi connectivity index (χ1n) is 7.99. The van der Waals surface area contributed by atoms with Crippen molar-refractivity contribution in [2.75, 3.05) is 18.6 Å². The van der Waals surface area contributed by atoms with Gasteiger partial charge >= 0.3 is 0 Å². The van der Waals surface area contributed by atoms with Crippen LogP contribution in [0.25, 0.3) is 22.2 Å². The molecular weight excluding hydrogens is 284 g/mol. The number of para-hydroxylation sites is 1. The molecule has 0 saturated carbocycles. The van der Waals surface area contributed by atoms with E-state index in [1.807, 2.05) is 18.2 Å². The van der Waals surface area contributed by atoms with Crippen LogP contribution in [0.2, 0.25) is 0 Å². The van der Waals surface area contributed by atoms with Crippen LogP contribution in [0.1, 0.15) is 12.8 Å². The molecule has 2 heterocycles. The molecule has 2 aromatic carbocycles. The minimum atomic E-state index is 0.864. The van der Waals surface area contributed by atoms with E-state index >= 15 is 0 Å². The Balaban J connectivity index is 1.86. The van der Waals surface area contributed by atoms with E-state index in [0.717, 1.165) is 35.5 Å². The summed E-state index contributed by atoms with van der Waals surface area (Å²) in [7, 11) is 1.69. The minimum absolute atomic E-state index is 0.864. The number of fused-ring (bicyclic) bond motifs is 1. The van der Waals surface area contributed by atoms with Gasteiger partial charge in [0.1, 0.15) is 5.75 Å². The molecule has 23 heavy (non-hydrogen) atoms. The van der Waals surface area contributed by atoms with Gasteiger partial charge in [-0.3, -0.25) is 0 Å². The Labute approximate surface area is 136 Å². The van der Waals surface area contributed by atoms with Gasteiger partial charge in [0.15, 0.2) is 0 Å². The highest BCUT2D eigenvalue weighted by atomic mass is 16.5. The summed E-state index contributed by atoms with van der Waals surface area (Å²) in [5.74, 6) is 0.864. The van der Waals surface area contributed by atoms with E-state index in [-0.39, 0.29) is 0 Å². The third-order valence-corrected chi connectivity index (χ3v) is 4.34. The minimum Gasteiger partial charge on any atom is -0.497 e. The fraction of sp³-hybridized carbons (Fsp3) is 0.200. The van der Waals surface area contributed by atoms with Crippen molar-refractivity contribution >= 4 is 16.6 Å². The fourth-order valence-corrected chi connectivity index (χ4v) is 3.12. The number of benzene rings is 2. The zero-order valence-corrected chi connectivity index (χ0v) is 13.2. The van der Waals surface area contributed by atoms with Crippen molar-refractivity contribution in [1.82, 2.24) is 4.98 Å².